The van der Waals surface area contributed by atoms with Crippen LogP contribution in [-0.2, 0) is 0 Å². The Morgan fingerprint density at radius 3 is 1.64 bits per heavy atom. The third kappa shape index (κ3) is 5.08. The minimum atomic E-state index is 0.250. The summed E-state index contributed by atoms with van der Waals surface area (Å²) in [6, 6.07) is 7.19. The summed E-state index contributed by atoms with van der Waals surface area (Å²) < 4.78 is 0. The maximum absolute atomic E-state index is 7.57. The first kappa shape index (κ1) is 10.8. The number of rotatable bonds is 0. The van der Waals surface area contributed by atoms with E-state index >= 15 is 0 Å². The van der Waals surface area contributed by atoms with E-state index in [2.05, 4.69) is 0 Å². The molecule has 0 saturated carbocycles. The summed E-state index contributed by atoms with van der Waals surface area (Å²) in [4.78, 5) is 0. The summed E-state index contributed by atoms with van der Waals surface area (Å²) in [6.07, 6.45) is 0. The highest BCUT2D eigenvalue weighted by Crippen LogP contribution is 2.19. The van der Waals surface area contributed by atoms with Crippen LogP contribution in [0.4, 0.5) is 0 Å². The van der Waals surface area contributed by atoms with E-state index in [0.29, 0.717) is 10.0 Å². The molecular formula is C8H10Cl2O. The van der Waals surface area contributed by atoms with Gasteiger partial charge in [0.2, 0.25) is 0 Å². The van der Waals surface area contributed by atoms with Gasteiger partial charge in [0.15, 0.2) is 0 Å². The smallest absolute Gasteiger partial charge is 0.0592 e. The molecule has 0 radical (unpaired) electrons. The molecule has 0 bridgehead atoms. The number of hydrogen-bond donors (Lipinski definition) is 1. The Hall–Kier alpha value is -0.240. The number of aliphatic hydroxyl groups excluding tert-OH is 1. The zero-order chi connectivity index (χ0) is 8.69. The van der Waals surface area contributed by atoms with Gasteiger partial charge < -0.3 is 5.11 Å². The number of hydrogen-bond acceptors (Lipinski definition) is 1. The lowest BCUT2D eigenvalue weighted by Gasteiger charge is -1.88. The molecule has 1 rings (SSSR count). The second kappa shape index (κ2) is 6.47. The molecule has 1 aromatic carbocycles. The zero-order valence-electron chi connectivity index (χ0n) is 6.22. The molecule has 11 heavy (non-hydrogen) atoms. The summed E-state index contributed by atoms with van der Waals surface area (Å²) in [7, 11) is 0. The standard InChI is InChI=1S/C6H4Cl2.C2H6O/c7-5-3-1-2-4-6(5)8;1-2-3/h1-4H;3H,2H2,1H3. The number of halogens is 2. The molecule has 0 saturated heterocycles. The van der Waals surface area contributed by atoms with Crippen LogP contribution in [0, 0.1) is 0 Å². The molecule has 0 unspecified atom stereocenters. The van der Waals surface area contributed by atoms with Crippen molar-refractivity contribution in [2.24, 2.45) is 0 Å². The second-order valence-electron chi connectivity index (χ2n) is 1.73. The Morgan fingerprint density at radius 1 is 1.18 bits per heavy atom. The van der Waals surface area contributed by atoms with Crippen molar-refractivity contribution in [3.8, 4) is 0 Å². The van der Waals surface area contributed by atoms with E-state index in [0.717, 1.165) is 0 Å². The molecule has 1 N–H and O–H groups in total. The van der Waals surface area contributed by atoms with Gasteiger partial charge in [-0.05, 0) is 19.1 Å². The first-order chi connectivity index (χ1) is 5.22. The topological polar surface area (TPSA) is 20.2 Å². The third-order valence-electron chi connectivity index (χ3n) is 0.824. The van der Waals surface area contributed by atoms with Gasteiger partial charge in [-0.3, -0.25) is 0 Å². The average molecular weight is 193 g/mol. The predicted octanol–water partition coefficient (Wildman–Crippen LogP) is 2.99. The monoisotopic (exact) mass is 192 g/mol. The Morgan fingerprint density at radius 2 is 1.45 bits per heavy atom. The van der Waals surface area contributed by atoms with Gasteiger partial charge in [-0.15, -0.1) is 0 Å². The fraction of sp³-hybridized carbons (Fsp3) is 0.250. The van der Waals surface area contributed by atoms with Crippen LogP contribution in [0.2, 0.25) is 10.0 Å². The van der Waals surface area contributed by atoms with Gasteiger partial charge in [0.25, 0.3) is 0 Å². The molecule has 0 aliphatic carbocycles. The summed E-state index contributed by atoms with van der Waals surface area (Å²) in [6.45, 7) is 1.93. The van der Waals surface area contributed by atoms with Crippen molar-refractivity contribution in [2.45, 2.75) is 6.92 Å². The van der Waals surface area contributed by atoms with Gasteiger partial charge in [-0.2, -0.15) is 0 Å². The quantitative estimate of drug-likeness (QED) is 0.671. The highest BCUT2D eigenvalue weighted by Gasteiger charge is 1.89. The van der Waals surface area contributed by atoms with Gasteiger partial charge in [0.1, 0.15) is 0 Å². The molecule has 0 fully saturated rings. The first-order valence-electron chi connectivity index (χ1n) is 3.23. The van der Waals surface area contributed by atoms with E-state index in [1.165, 1.54) is 0 Å². The summed E-state index contributed by atoms with van der Waals surface area (Å²) in [5.41, 5.74) is 0. The lowest BCUT2D eigenvalue weighted by Crippen LogP contribution is -1.62. The normalized spacial score (nSPS) is 8.36. The SMILES string of the molecule is CCO.Clc1ccccc1Cl. The average Bonchev–Trinajstić information content (AvgIpc) is 1.97. The van der Waals surface area contributed by atoms with Crippen molar-refractivity contribution in [3.05, 3.63) is 34.3 Å². The second-order valence-corrected chi connectivity index (χ2v) is 2.54. The third-order valence-corrected chi connectivity index (χ3v) is 1.58. The molecular weight excluding hydrogens is 183 g/mol. The summed E-state index contributed by atoms with van der Waals surface area (Å²) in [5, 5.41) is 8.78. The largest absolute Gasteiger partial charge is 0.397 e. The van der Waals surface area contributed by atoms with Crippen molar-refractivity contribution in [1.82, 2.24) is 0 Å². The van der Waals surface area contributed by atoms with Gasteiger partial charge in [-0.25, -0.2) is 0 Å². The highest BCUT2D eigenvalue weighted by molar-refractivity contribution is 6.41. The number of aliphatic hydroxyl groups is 1. The Bertz CT molecular complexity index is 180. The number of benzene rings is 1. The van der Waals surface area contributed by atoms with Crippen LogP contribution < -0.4 is 0 Å². The van der Waals surface area contributed by atoms with Crippen LogP contribution in [0.3, 0.4) is 0 Å². The van der Waals surface area contributed by atoms with Crippen molar-refractivity contribution in [1.29, 1.82) is 0 Å². The molecule has 0 spiro atoms. The molecule has 62 valence electrons. The highest BCUT2D eigenvalue weighted by atomic mass is 35.5. The van der Waals surface area contributed by atoms with E-state index in [9.17, 15) is 0 Å². The molecule has 1 aromatic rings. The lowest BCUT2D eigenvalue weighted by molar-refractivity contribution is 0.318. The molecule has 0 heterocycles. The van der Waals surface area contributed by atoms with E-state index in [1.54, 1.807) is 19.1 Å². The van der Waals surface area contributed by atoms with Crippen LogP contribution >= 0.6 is 23.2 Å². The maximum Gasteiger partial charge on any atom is 0.0592 e. The predicted molar refractivity (Wildman–Crippen MR) is 49.2 cm³/mol. The molecule has 0 aromatic heterocycles. The molecule has 3 heteroatoms. The van der Waals surface area contributed by atoms with E-state index in [4.69, 9.17) is 28.3 Å². The van der Waals surface area contributed by atoms with E-state index in [1.807, 2.05) is 12.1 Å². The molecule has 1 nitrogen and oxygen atoms in total. The molecule has 0 aliphatic heterocycles. The van der Waals surface area contributed by atoms with Crippen LogP contribution in [0.25, 0.3) is 0 Å². The van der Waals surface area contributed by atoms with E-state index in [-0.39, 0.29) is 6.61 Å². The van der Waals surface area contributed by atoms with Crippen LogP contribution in [0.5, 0.6) is 0 Å². The van der Waals surface area contributed by atoms with Crippen molar-refractivity contribution in [3.63, 3.8) is 0 Å². The van der Waals surface area contributed by atoms with Crippen LogP contribution in [0.15, 0.2) is 24.3 Å². The Labute approximate surface area is 76.6 Å². The lowest BCUT2D eigenvalue weighted by atomic mass is 10.4. The Balaban J connectivity index is 0.000000292. The van der Waals surface area contributed by atoms with Crippen LogP contribution in [0.1, 0.15) is 6.92 Å². The van der Waals surface area contributed by atoms with Gasteiger partial charge >= 0.3 is 0 Å². The minimum Gasteiger partial charge on any atom is -0.397 e. The molecule has 0 aliphatic rings. The van der Waals surface area contributed by atoms with Crippen LogP contribution in [-0.4, -0.2) is 11.7 Å². The van der Waals surface area contributed by atoms with Crippen molar-refractivity contribution < 1.29 is 5.11 Å². The fourth-order valence-corrected chi connectivity index (χ4v) is 0.711. The molecule has 0 amide bonds. The van der Waals surface area contributed by atoms with E-state index < -0.39 is 0 Å². The van der Waals surface area contributed by atoms with Gasteiger partial charge in [0, 0.05) is 6.61 Å². The van der Waals surface area contributed by atoms with Crippen molar-refractivity contribution >= 4 is 23.2 Å². The zero-order valence-corrected chi connectivity index (χ0v) is 7.73. The molecule has 0 atom stereocenters. The van der Waals surface area contributed by atoms with Crippen molar-refractivity contribution in [2.75, 3.05) is 6.61 Å². The first-order valence-corrected chi connectivity index (χ1v) is 3.98. The fourth-order valence-electron chi connectivity index (χ4n) is 0.439. The summed E-state index contributed by atoms with van der Waals surface area (Å²) in [5.74, 6) is 0. The minimum absolute atomic E-state index is 0.250. The maximum atomic E-state index is 7.57. The Kier molecular flexibility index (Phi) is 6.33. The van der Waals surface area contributed by atoms with Gasteiger partial charge in [0.05, 0.1) is 10.0 Å². The summed E-state index contributed by atoms with van der Waals surface area (Å²) >= 11 is 11.2. The van der Waals surface area contributed by atoms with Gasteiger partial charge in [-0.1, -0.05) is 35.3 Å².